The van der Waals surface area contributed by atoms with Gasteiger partial charge in [0.1, 0.15) is 0 Å². The molecule has 0 bridgehead atoms. The molecule has 1 aromatic carbocycles. The molecule has 0 saturated heterocycles. The van der Waals surface area contributed by atoms with Crippen LogP contribution in [0, 0.1) is 11.8 Å². The summed E-state index contributed by atoms with van der Waals surface area (Å²) in [5.41, 5.74) is 8.64. The molecule has 0 fully saturated rings. The van der Waals surface area contributed by atoms with E-state index in [1.807, 2.05) is 0 Å². The fourth-order valence-corrected chi connectivity index (χ4v) is 1.13. The molecule has 0 spiro atoms. The van der Waals surface area contributed by atoms with Gasteiger partial charge in [0.05, 0.1) is 11.6 Å². The van der Waals surface area contributed by atoms with Gasteiger partial charge in [-0.05, 0) is 23.7 Å². The molecule has 0 aliphatic rings. The molecule has 0 aromatic heterocycles. The molecular weight excluding hydrogens is 221 g/mol. The van der Waals surface area contributed by atoms with E-state index in [0.717, 1.165) is 0 Å². The molecule has 5 heteroatoms. The van der Waals surface area contributed by atoms with E-state index < -0.39 is 0 Å². The minimum absolute atomic E-state index is 0.124. The van der Waals surface area contributed by atoms with Crippen molar-refractivity contribution in [3.05, 3.63) is 44.3 Å². The highest BCUT2D eigenvalue weighted by Gasteiger charge is 1.96. The molecule has 70 valence electrons. The summed E-state index contributed by atoms with van der Waals surface area (Å²) in [5, 5.41) is 4.37. The Hall–Kier alpha value is -1.33. The Kier molecular flexibility index (Phi) is 4.15. The van der Waals surface area contributed by atoms with Crippen LogP contribution < -0.4 is 0 Å². The highest BCUT2D eigenvalue weighted by molar-refractivity contribution is 6.33. The van der Waals surface area contributed by atoms with Gasteiger partial charge in [-0.1, -0.05) is 40.2 Å². The van der Waals surface area contributed by atoms with Gasteiger partial charge in [-0.3, -0.25) is 0 Å². The van der Waals surface area contributed by atoms with Crippen molar-refractivity contribution in [2.75, 3.05) is 6.54 Å². The Labute approximate surface area is 91.3 Å². The summed E-state index contributed by atoms with van der Waals surface area (Å²) in [4.78, 5) is 2.57. The van der Waals surface area contributed by atoms with Crippen molar-refractivity contribution in [3.63, 3.8) is 0 Å². The van der Waals surface area contributed by atoms with Gasteiger partial charge >= 0.3 is 0 Å². The first-order valence-electron chi connectivity index (χ1n) is 3.69. The van der Waals surface area contributed by atoms with Crippen molar-refractivity contribution < 1.29 is 0 Å². The van der Waals surface area contributed by atoms with Gasteiger partial charge in [0.2, 0.25) is 0 Å². The summed E-state index contributed by atoms with van der Waals surface area (Å²) in [6, 6.07) is 5.01. The summed E-state index contributed by atoms with van der Waals surface area (Å²) in [6.45, 7) is 0.124. The zero-order valence-corrected chi connectivity index (χ0v) is 8.55. The van der Waals surface area contributed by atoms with E-state index >= 15 is 0 Å². The largest absolute Gasteiger partial charge is 0.0918 e. The first kappa shape index (κ1) is 10.7. The standard InChI is InChI=1S/C9H5Cl2N3/c10-8-3-4-9(11)7(6-8)2-1-5-13-14-12/h3-4,6H,5H2. The third-order valence-electron chi connectivity index (χ3n) is 1.36. The minimum Gasteiger partial charge on any atom is -0.0918 e. The van der Waals surface area contributed by atoms with E-state index in [9.17, 15) is 0 Å². The summed E-state index contributed by atoms with van der Waals surface area (Å²) in [6.07, 6.45) is 0. The van der Waals surface area contributed by atoms with Crippen molar-refractivity contribution in [2.24, 2.45) is 5.11 Å². The predicted molar refractivity (Wildman–Crippen MR) is 57.4 cm³/mol. The number of hydrogen-bond donors (Lipinski definition) is 0. The molecular formula is C9H5Cl2N3. The lowest BCUT2D eigenvalue weighted by Gasteiger charge is -1.95. The third kappa shape index (κ3) is 3.20. The van der Waals surface area contributed by atoms with E-state index in [2.05, 4.69) is 21.9 Å². The fraction of sp³-hybridized carbons (Fsp3) is 0.111. The molecule has 0 radical (unpaired) electrons. The van der Waals surface area contributed by atoms with Crippen molar-refractivity contribution in [2.45, 2.75) is 0 Å². The van der Waals surface area contributed by atoms with Crippen LogP contribution in [0.15, 0.2) is 23.3 Å². The van der Waals surface area contributed by atoms with Crippen LogP contribution in [0.1, 0.15) is 5.56 Å². The molecule has 0 heterocycles. The molecule has 0 amide bonds. The Balaban J connectivity index is 2.88. The lowest BCUT2D eigenvalue weighted by Crippen LogP contribution is -1.77. The smallest absolute Gasteiger partial charge is 0.0880 e. The van der Waals surface area contributed by atoms with Crippen LogP contribution in [0.25, 0.3) is 10.4 Å². The van der Waals surface area contributed by atoms with Gasteiger partial charge in [0.25, 0.3) is 0 Å². The number of nitrogens with zero attached hydrogens (tertiary/aromatic N) is 3. The van der Waals surface area contributed by atoms with Crippen molar-refractivity contribution in [1.29, 1.82) is 0 Å². The van der Waals surface area contributed by atoms with Crippen LogP contribution >= 0.6 is 23.2 Å². The van der Waals surface area contributed by atoms with Crippen LogP contribution in [0.5, 0.6) is 0 Å². The number of rotatable bonds is 1. The Morgan fingerprint density at radius 3 is 2.93 bits per heavy atom. The summed E-state index contributed by atoms with van der Waals surface area (Å²) < 4.78 is 0. The van der Waals surface area contributed by atoms with E-state index in [0.29, 0.717) is 15.6 Å². The van der Waals surface area contributed by atoms with E-state index in [1.54, 1.807) is 18.2 Å². The maximum absolute atomic E-state index is 8.01. The molecule has 0 aliphatic heterocycles. The molecule has 3 nitrogen and oxygen atoms in total. The molecule has 0 saturated carbocycles. The summed E-state index contributed by atoms with van der Waals surface area (Å²) >= 11 is 11.6. The van der Waals surface area contributed by atoms with E-state index in [4.69, 9.17) is 28.7 Å². The molecule has 0 atom stereocenters. The van der Waals surface area contributed by atoms with Crippen molar-refractivity contribution in [3.8, 4) is 11.8 Å². The van der Waals surface area contributed by atoms with E-state index in [-0.39, 0.29) is 6.54 Å². The first-order valence-corrected chi connectivity index (χ1v) is 4.44. The number of azide groups is 1. The zero-order chi connectivity index (χ0) is 10.4. The third-order valence-corrected chi connectivity index (χ3v) is 1.93. The quantitative estimate of drug-likeness (QED) is 0.303. The molecule has 1 rings (SSSR count). The summed E-state index contributed by atoms with van der Waals surface area (Å²) in [7, 11) is 0. The van der Waals surface area contributed by atoms with Crippen LogP contribution in [0.2, 0.25) is 10.0 Å². The predicted octanol–water partition coefficient (Wildman–Crippen LogP) is 3.66. The van der Waals surface area contributed by atoms with Crippen LogP contribution in [-0.2, 0) is 0 Å². The Morgan fingerprint density at radius 1 is 1.43 bits per heavy atom. The lowest BCUT2D eigenvalue weighted by molar-refractivity contribution is 1.25. The lowest BCUT2D eigenvalue weighted by atomic mass is 10.2. The molecule has 1 aromatic rings. The maximum Gasteiger partial charge on any atom is 0.0880 e. The molecule has 0 unspecified atom stereocenters. The van der Waals surface area contributed by atoms with Gasteiger partial charge in [-0.2, -0.15) is 0 Å². The van der Waals surface area contributed by atoms with Crippen molar-refractivity contribution >= 4 is 23.2 Å². The fourth-order valence-electron chi connectivity index (χ4n) is 0.795. The number of hydrogen-bond acceptors (Lipinski definition) is 1. The molecule has 14 heavy (non-hydrogen) atoms. The van der Waals surface area contributed by atoms with Gasteiger partial charge in [0.15, 0.2) is 0 Å². The van der Waals surface area contributed by atoms with Crippen molar-refractivity contribution in [1.82, 2.24) is 0 Å². The second kappa shape index (κ2) is 5.41. The van der Waals surface area contributed by atoms with Crippen LogP contribution in [-0.4, -0.2) is 6.54 Å². The summed E-state index contributed by atoms with van der Waals surface area (Å²) in [5.74, 6) is 5.41. The number of halogens is 2. The highest BCUT2D eigenvalue weighted by Crippen LogP contribution is 2.19. The average molecular weight is 226 g/mol. The van der Waals surface area contributed by atoms with E-state index in [1.165, 1.54) is 0 Å². The second-order valence-corrected chi connectivity index (χ2v) is 3.16. The SMILES string of the molecule is [N-]=[N+]=NCC#Cc1cc(Cl)ccc1Cl. The average Bonchev–Trinajstić information content (AvgIpc) is 2.18. The van der Waals surface area contributed by atoms with Crippen LogP contribution in [0.4, 0.5) is 0 Å². The van der Waals surface area contributed by atoms with Crippen LogP contribution in [0.3, 0.4) is 0 Å². The Bertz CT molecular complexity index is 439. The highest BCUT2D eigenvalue weighted by atomic mass is 35.5. The topological polar surface area (TPSA) is 48.8 Å². The molecule has 0 aliphatic carbocycles. The second-order valence-electron chi connectivity index (χ2n) is 2.31. The van der Waals surface area contributed by atoms with Gasteiger partial charge in [0, 0.05) is 15.5 Å². The zero-order valence-electron chi connectivity index (χ0n) is 7.04. The van der Waals surface area contributed by atoms with Gasteiger partial charge in [-0.25, -0.2) is 0 Å². The first-order chi connectivity index (χ1) is 6.74. The van der Waals surface area contributed by atoms with Gasteiger partial charge < -0.3 is 0 Å². The minimum atomic E-state index is 0.124. The van der Waals surface area contributed by atoms with Gasteiger partial charge in [-0.15, -0.1) is 0 Å². The maximum atomic E-state index is 8.01. The number of benzene rings is 1. The normalized spacial score (nSPS) is 8.43. The monoisotopic (exact) mass is 225 g/mol. The Morgan fingerprint density at radius 2 is 2.21 bits per heavy atom. The molecule has 0 N–H and O–H groups in total.